The molecule has 0 rings (SSSR count). The van der Waals surface area contributed by atoms with Gasteiger partial charge in [-0.05, 0) is 27.9 Å². The van der Waals surface area contributed by atoms with Gasteiger partial charge in [0, 0.05) is 12.6 Å². The lowest BCUT2D eigenvalue weighted by Crippen LogP contribution is -2.22. The van der Waals surface area contributed by atoms with Gasteiger partial charge >= 0.3 is 11.9 Å². The summed E-state index contributed by atoms with van der Waals surface area (Å²) in [5, 5.41) is 0. The Hall–Kier alpha value is -1.69. The van der Waals surface area contributed by atoms with Gasteiger partial charge in [0.25, 0.3) is 0 Å². The lowest BCUT2D eigenvalue weighted by Gasteiger charge is -2.10. The Balaban J connectivity index is 4.55. The highest BCUT2D eigenvalue weighted by atomic mass is 16.5. The molecule has 0 atom stereocenters. The third-order valence-electron chi connectivity index (χ3n) is 1.92. The summed E-state index contributed by atoms with van der Waals surface area (Å²) < 4.78 is 9.51. The van der Waals surface area contributed by atoms with Crippen LogP contribution in [-0.2, 0) is 23.9 Å². The molecule has 0 spiro atoms. The van der Waals surface area contributed by atoms with Crippen molar-refractivity contribution in [1.82, 2.24) is 4.90 Å². The molecule has 6 nitrogen and oxygen atoms in total. The number of hydrogen-bond acceptors (Lipinski definition) is 6. The van der Waals surface area contributed by atoms with Crippen molar-refractivity contribution in [1.29, 1.82) is 0 Å². The third kappa shape index (κ3) is 6.80. The number of nitrogens with zero attached hydrogens (tertiary/aromatic N) is 1. The van der Waals surface area contributed by atoms with Gasteiger partial charge in [0.05, 0.1) is 6.61 Å². The van der Waals surface area contributed by atoms with Gasteiger partial charge in [-0.25, -0.2) is 9.59 Å². The fourth-order valence-corrected chi connectivity index (χ4v) is 1.00. The highest BCUT2D eigenvalue weighted by Crippen LogP contribution is 2.01. The minimum absolute atomic E-state index is 0.152. The number of hydrogen-bond donors (Lipinski definition) is 0. The van der Waals surface area contributed by atoms with E-state index in [2.05, 4.69) is 4.74 Å². The normalized spacial score (nSPS) is 11.3. The Morgan fingerprint density at radius 3 is 2.22 bits per heavy atom. The van der Waals surface area contributed by atoms with Crippen molar-refractivity contribution in [2.24, 2.45) is 0 Å². The van der Waals surface area contributed by atoms with Crippen LogP contribution in [0.4, 0.5) is 0 Å². The number of likely N-dealkylation sites (N-methyl/N-ethyl adjacent to an activating group) is 1. The Kier molecular flexibility index (Phi) is 7.62. The van der Waals surface area contributed by atoms with Crippen molar-refractivity contribution < 1.29 is 23.9 Å². The Morgan fingerprint density at radius 1 is 1.17 bits per heavy atom. The van der Waals surface area contributed by atoms with Crippen LogP contribution in [0.5, 0.6) is 0 Å². The van der Waals surface area contributed by atoms with Crippen molar-refractivity contribution >= 4 is 17.7 Å². The molecule has 102 valence electrons. The van der Waals surface area contributed by atoms with E-state index < -0.39 is 17.7 Å². The maximum atomic E-state index is 11.6. The molecule has 0 aliphatic carbocycles. The fourth-order valence-electron chi connectivity index (χ4n) is 1.00. The molecular weight excluding hydrogens is 238 g/mol. The van der Waals surface area contributed by atoms with Gasteiger partial charge in [-0.2, -0.15) is 0 Å². The average Bonchev–Trinajstić information content (AvgIpc) is 2.25. The maximum absolute atomic E-state index is 11.6. The first kappa shape index (κ1) is 16.3. The number of rotatable bonds is 7. The minimum Gasteiger partial charge on any atom is -0.463 e. The van der Waals surface area contributed by atoms with Gasteiger partial charge in [-0.15, -0.1) is 0 Å². The standard InChI is InChI=1S/C12H19NO5/c1-5-17-11(15)8-10(9(2)14)12(16)18-7-6-13(3)4/h8H,5-7H2,1-4H3. The SMILES string of the molecule is CCOC(=O)C=C(C(C)=O)C(=O)OCCN(C)C. The molecule has 18 heavy (non-hydrogen) atoms. The number of carbonyl (C=O) groups is 3. The van der Waals surface area contributed by atoms with E-state index in [4.69, 9.17) is 4.74 Å². The van der Waals surface area contributed by atoms with E-state index in [-0.39, 0.29) is 18.8 Å². The van der Waals surface area contributed by atoms with Crippen LogP contribution < -0.4 is 0 Å². The van der Waals surface area contributed by atoms with Crippen molar-refractivity contribution in [3.8, 4) is 0 Å². The summed E-state index contributed by atoms with van der Waals surface area (Å²) in [6, 6.07) is 0. The largest absolute Gasteiger partial charge is 0.463 e. The molecule has 0 aromatic carbocycles. The summed E-state index contributed by atoms with van der Waals surface area (Å²) in [5.74, 6) is -2.07. The predicted molar refractivity (Wildman–Crippen MR) is 64.9 cm³/mol. The van der Waals surface area contributed by atoms with E-state index in [1.807, 2.05) is 19.0 Å². The van der Waals surface area contributed by atoms with Gasteiger partial charge in [-0.3, -0.25) is 4.79 Å². The van der Waals surface area contributed by atoms with E-state index in [0.717, 1.165) is 6.08 Å². The molecule has 0 saturated carbocycles. The molecule has 0 heterocycles. The van der Waals surface area contributed by atoms with Crippen LogP contribution in [0.3, 0.4) is 0 Å². The molecule has 0 saturated heterocycles. The summed E-state index contributed by atoms with van der Waals surface area (Å²) in [4.78, 5) is 35.8. The molecule has 0 amide bonds. The highest BCUT2D eigenvalue weighted by Gasteiger charge is 2.18. The molecule has 0 aliphatic rings. The first-order valence-electron chi connectivity index (χ1n) is 5.59. The van der Waals surface area contributed by atoms with Crippen LogP contribution in [0.25, 0.3) is 0 Å². The van der Waals surface area contributed by atoms with Crippen LogP contribution in [0.15, 0.2) is 11.6 Å². The van der Waals surface area contributed by atoms with Crippen LogP contribution in [0.2, 0.25) is 0 Å². The molecule has 0 N–H and O–H groups in total. The van der Waals surface area contributed by atoms with Gasteiger partial charge in [0.15, 0.2) is 5.78 Å². The van der Waals surface area contributed by atoms with Crippen molar-refractivity contribution in [2.75, 3.05) is 33.9 Å². The quantitative estimate of drug-likeness (QED) is 0.280. The Morgan fingerprint density at radius 2 is 1.78 bits per heavy atom. The van der Waals surface area contributed by atoms with Crippen molar-refractivity contribution in [2.45, 2.75) is 13.8 Å². The van der Waals surface area contributed by atoms with Crippen LogP contribution in [-0.4, -0.2) is 56.5 Å². The van der Waals surface area contributed by atoms with Crippen molar-refractivity contribution in [3.63, 3.8) is 0 Å². The van der Waals surface area contributed by atoms with Gasteiger partial charge in [-0.1, -0.05) is 0 Å². The lowest BCUT2D eigenvalue weighted by atomic mass is 10.2. The second kappa shape index (κ2) is 8.41. The third-order valence-corrected chi connectivity index (χ3v) is 1.92. The smallest absolute Gasteiger partial charge is 0.342 e. The number of ketones is 1. The zero-order valence-electron chi connectivity index (χ0n) is 11.2. The van der Waals surface area contributed by atoms with E-state index in [0.29, 0.717) is 6.54 Å². The number of Topliss-reactive ketones (excluding diaryl/α,β-unsaturated/α-hetero) is 1. The summed E-state index contributed by atoms with van der Waals surface area (Å²) in [6.45, 7) is 3.69. The van der Waals surface area contributed by atoms with Crippen molar-refractivity contribution in [3.05, 3.63) is 11.6 Å². The molecular formula is C12H19NO5. The Bertz CT molecular complexity index is 346. The first-order chi connectivity index (χ1) is 8.38. The predicted octanol–water partition coefficient (Wildman–Crippen LogP) is 0.170. The zero-order chi connectivity index (χ0) is 14.1. The van der Waals surface area contributed by atoms with Crippen LogP contribution in [0, 0.1) is 0 Å². The maximum Gasteiger partial charge on any atom is 0.342 e. The summed E-state index contributed by atoms with van der Waals surface area (Å²) >= 11 is 0. The second-order valence-electron chi connectivity index (χ2n) is 3.81. The second-order valence-corrected chi connectivity index (χ2v) is 3.81. The van der Waals surface area contributed by atoms with E-state index in [1.54, 1.807) is 6.92 Å². The molecule has 0 bridgehead atoms. The van der Waals surface area contributed by atoms with Gasteiger partial charge in [0.1, 0.15) is 12.2 Å². The summed E-state index contributed by atoms with van der Waals surface area (Å²) in [7, 11) is 3.66. The van der Waals surface area contributed by atoms with Crippen LogP contribution >= 0.6 is 0 Å². The fraction of sp³-hybridized carbons (Fsp3) is 0.583. The number of carbonyl (C=O) groups excluding carboxylic acids is 3. The zero-order valence-corrected chi connectivity index (χ0v) is 11.2. The highest BCUT2D eigenvalue weighted by molar-refractivity contribution is 6.19. The monoisotopic (exact) mass is 257 g/mol. The number of esters is 2. The lowest BCUT2D eigenvalue weighted by molar-refractivity contribution is -0.142. The minimum atomic E-state index is -0.808. The Labute approximate surface area is 107 Å². The summed E-state index contributed by atoms with van der Waals surface area (Å²) in [5.41, 5.74) is -0.299. The van der Waals surface area contributed by atoms with E-state index in [1.165, 1.54) is 6.92 Å². The summed E-state index contributed by atoms with van der Waals surface area (Å²) in [6.07, 6.45) is 0.865. The number of ether oxygens (including phenoxy) is 2. The van der Waals surface area contributed by atoms with E-state index in [9.17, 15) is 14.4 Å². The molecule has 0 unspecified atom stereocenters. The molecule has 0 fully saturated rings. The van der Waals surface area contributed by atoms with Gasteiger partial charge < -0.3 is 14.4 Å². The molecule has 0 aromatic heterocycles. The van der Waals surface area contributed by atoms with E-state index >= 15 is 0 Å². The molecule has 6 heteroatoms. The van der Waals surface area contributed by atoms with Crippen LogP contribution in [0.1, 0.15) is 13.8 Å². The molecule has 0 aromatic rings. The van der Waals surface area contributed by atoms with Gasteiger partial charge in [0.2, 0.25) is 0 Å². The molecule has 0 aliphatic heterocycles. The average molecular weight is 257 g/mol. The topological polar surface area (TPSA) is 72.9 Å². The first-order valence-corrected chi connectivity index (χ1v) is 5.59. The molecule has 0 radical (unpaired) electrons.